The van der Waals surface area contributed by atoms with E-state index in [1.54, 1.807) is 29.1 Å². The van der Waals surface area contributed by atoms with Crippen LogP contribution in [0.25, 0.3) is 0 Å². The predicted molar refractivity (Wildman–Crippen MR) is 66.5 cm³/mol. The summed E-state index contributed by atoms with van der Waals surface area (Å²) in [6.07, 6.45) is 3.49. The minimum absolute atomic E-state index is 0.0139. The Balaban J connectivity index is 2.38. The topological polar surface area (TPSA) is 34.9 Å². The molecule has 0 bridgehead atoms. The first kappa shape index (κ1) is 11.1. The van der Waals surface area contributed by atoms with Gasteiger partial charge in [-0.2, -0.15) is 0 Å². The van der Waals surface area contributed by atoms with Gasteiger partial charge in [0, 0.05) is 28.6 Å². The Kier molecular flexibility index (Phi) is 3.19. The highest BCUT2D eigenvalue weighted by atomic mass is 79.9. The molecule has 2 aromatic heterocycles. The zero-order valence-corrected chi connectivity index (χ0v) is 10.4. The van der Waals surface area contributed by atoms with Crippen molar-refractivity contribution in [2.24, 2.45) is 0 Å². The Morgan fingerprint density at radius 3 is 2.88 bits per heavy atom. The van der Waals surface area contributed by atoms with Crippen LogP contribution in [0.2, 0.25) is 0 Å². The minimum Gasteiger partial charge on any atom is -0.308 e. The Hall–Kier alpha value is -1.42. The van der Waals surface area contributed by atoms with Gasteiger partial charge in [-0.3, -0.25) is 9.78 Å². The predicted octanol–water partition coefficient (Wildman–Crippen LogP) is 2.36. The second-order valence-electron chi connectivity index (χ2n) is 3.60. The molecule has 0 amide bonds. The lowest BCUT2D eigenvalue weighted by Gasteiger charge is -2.08. The van der Waals surface area contributed by atoms with Crippen LogP contribution in [0, 0.1) is 6.92 Å². The fraction of sp³-hybridized carbons (Fsp3) is 0.167. The number of pyridine rings is 2. The van der Waals surface area contributed by atoms with Crippen LogP contribution in [-0.2, 0) is 6.54 Å². The number of aromatic nitrogens is 2. The van der Waals surface area contributed by atoms with Crippen molar-refractivity contribution in [3.63, 3.8) is 0 Å². The fourth-order valence-corrected chi connectivity index (χ4v) is 1.96. The molecule has 0 atom stereocenters. The summed E-state index contributed by atoms with van der Waals surface area (Å²) in [7, 11) is 0. The van der Waals surface area contributed by atoms with Crippen molar-refractivity contribution in [1.82, 2.24) is 9.55 Å². The quantitative estimate of drug-likeness (QED) is 0.845. The summed E-state index contributed by atoms with van der Waals surface area (Å²) in [6, 6.07) is 7.23. The van der Waals surface area contributed by atoms with E-state index in [4.69, 9.17) is 0 Å². The van der Waals surface area contributed by atoms with Gasteiger partial charge in [-0.1, -0.05) is 6.07 Å². The number of halogens is 1. The highest BCUT2D eigenvalue weighted by molar-refractivity contribution is 9.10. The van der Waals surface area contributed by atoms with Crippen molar-refractivity contribution in [1.29, 1.82) is 0 Å². The maximum Gasteiger partial charge on any atom is 0.251 e. The molecule has 0 saturated heterocycles. The zero-order valence-electron chi connectivity index (χ0n) is 8.85. The lowest BCUT2D eigenvalue weighted by atomic mass is 10.2. The molecule has 0 aromatic carbocycles. The van der Waals surface area contributed by atoms with E-state index in [2.05, 4.69) is 20.9 Å². The SMILES string of the molecule is Cc1cccc(=O)n1Cc1cncc(Br)c1. The van der Waals surface area contributed by atoms with E-state index in [-0.39, 0.29) is 5.56 Å². The number of aryl methyl sites for hydroxylation is 1. The van der Waals surface area contributed by atoms with Gasteiger partial charge in [0.1, 0.15) is 0 Å². The number of nitrogens with zero attached hydrogens (tertiary/aromatic N) is 2. The Morgan fingerprint density at radius 2 is 2.19 bits per heavy atom. The molecule has 0 fully saturated rings. The molecule has 0 saturated carbocycles. The largest absolute Gasteiger partial charge is 0.308 e. The van der Waals surface area contributed by atoms with E-state index in [1.807, 2.05) is 19.1 Å². The smallest absolute Gasteiger partial charge is 0.251 e. The monoisotopic (exact) mass is 278 g/mol. The third-order valence-electron chi connectivity index (χ3n) is 2.37. The number of rotatable bonds is 2. The summed E-state index contributed by atoms with van der Waals surface area (Å²) in [6.45, 7) is 2.48. The minimum atomic E-state index is 0.0139. The summed E-state index contributed by atoms with van der Waals surface area (Å²) in [5.74, 6) is 0. The van der Waals surface area contributed by atoms with Crippen molar-refractivity contribution in [2.45, 2.75) is 13.5 Å². The molecule has 4 heteroatoms. The molecular weight excluding hydrogens is 268 g/mol. The van der Waals surface area contributed by atoms with Crippen LogP contribution in [0.4, 0.5) is 0 Å². The second kappa shape index (κ2) is 4.61. The van der Waals surface area contributed by atoms with Gasteiger partial charge in [-0.25, -0.2) is 0 Å². The summed E-state index contributed by atoms with van der Waals surface area (Å²) in [5.41, 5.74) is 1.97. The van der Waals surface area contributed by atoms with Gasteiger partial charge in [0.25, 0.3) is 5.56 Å². The van der Waals surface area contributed by atoms with Crippen LogP contribution in [0.3, 0.4) is 0 Å². The molecule has 0 aliphatic heterocycles. The zero-order chi connectivity index (χ0) is 11.5. The van der Waals surface area contributed by atoms with Crippen molar-refractivity contribution in [3.8, 4) is 0 Å². The first-order valence-corrected chi connectivity index (χ1v) is 5.72. The fourth-order valence-electron chi connectivity index (χ4n) is 1.55. The highest BCUT2D eigenvalue weighted by Gasteiger charge is 2.01. The Labute approximate surface area is 102 Å². The highest BCUT2D eigenvalue weighted by Crippen LogP contribution is 2.10. The summed E-state index contributed by atoms with van der Waals surface area (Å²) in [5, 5.41) is 0. The Morgan fingerprint density at radius 1 is 1.38 bits per heavy atom. The average Bonchev–Trinajstić information content (AvgIpc) is 2.24. The molecule has 0 spiro atoms. The first-order valence-electron chi connectivity index (χ1n) is 4.93. The van der Waals surface area contributed by atoms with Crippen molar-refractivity contribution >= 4 is 15.9 Å². The van der Waals surface area contributed by atoms with Crippen LogP contribution in [-0.4, -0.2) is 9.55 Å². The van der Waals surface area contributed by atoms with E-state index in [0.29, 0.717) is 6.54 Å². The molecule has 0 unspecified atom stereocenters. The maximum absolute atomic E-state index is 11.7. The number of hydrogen-bond donors (Lipinski definition) is 0. The van der Waals surface area contributed by atoms with Gasteiger partial charge < -0.3 is 4.57 Å². The van der Waals surface area contributed by atoms with Crippen LogP contribution in [0.1, 0.15) is 11.3 Å². The molecule has 0 aliphatic carbocycles. The normalized spacial score (nSPS) is 10.4. The standard InChI is InChI=1S/C12H11BrN2O/c1-9-3-2-4-12(16)15(9)8-10-5-11(13)7-14-6-10/h2-7H,8H2,1H3. The molecule has 2 aromatic rings. The van der Waals surface area contributed by atoms with Crippen molar-refractivity contribution in [2.75, 3.05) is 0 Å². The van der Waals surface area contributed by atoms with Crippen molar-refractivity contribution < 1.29 is 0 Å². The third kappa shape index (κ3) is 2.39. The second-order valence-corrected chi connectivity index (χ2v) is 4.52. The average molecular weight is 279 g/mol. The van der Waals surface area contributed by atoms with Crippen LogP contribution >= 0.6 is 15.9 Å². The summed E-state index contributed by atoms with van der Waals surface area (Å²) < 4.78 is 2.65. The van der Waals surface area contributed by atoms with Crippen molar-refractivity contribution in [3.05, 3.63) is 62.7 Å². The Bertz CT molecular complexity index is 563. The molecule has 0 N–H and O–H groups in total. The molecule has 2 rings (SSSR count). The lowest BCUT2D eigenvalue weighted by molar-refractivity contribution is 0.727. The third-order valence-corrected chi connectivity index (χ3v) is 2.80. The number of hydrogen-bond acceptors (Lipinski definition) is 2. The molecule has 0 radical (unpaired) electrons. The maximum atomic E-state index is 11.7. The van der Waals surface area contributed by atoms with E-state index in [0.717, 1.165) is 15.7 Å². The molecule has 2 heterocycles. The first-order chi connectivity index (χ1) is 7.66. The molecule has 16 heavy (non-hydrogen) atoms. The van der Waals surface area contributed by atoms with Gasteiger partial charge >= 0.3 is 0 Å². The van der Waals surface area contributed by atoms with E-state index in [9.17, 15) is 4.79 Å². The molecular formula is C12H11BrN2O. The van der Waals surface area contributed by atoms with Crippen LogP contribution in [0.5, 0.6) is 0 Å². The van der Waals surface area contributed by atoms with E-state index < -0.39 is 0 Å². The molecule has 0 aliphatic rings. The van der Waals surface area contributed by atoms with Gasteiger partial charge in [-0.05, 0) is 40.5 Å². The van der Waals surface area contributed by atoms with Gasteiger partial charge in [0.15, 0.2) is 0 Å². The van der Waals surface area contributed by atoms with E-state index >= 15 is 0 Å². The molecule has 82 valence electrons. The van der Waals surface area contributed by atoms with Gasteiger partial charge in [0.05, 0.1) is 6.54 Å². The van der Waals surface area contributed by atoms with Crippen LogP contribution < -0.4 is 5.56 Å². The summed E-state index contributed by atoms with van der Waals surface area (Å²) >= 11 is 3.36. The summed E-state index contributed by atoms with van der Waals surface area (Å²) in [4.78, 5) is 15.7. The lowest BCUT2D eigenvalue weighted by Crippen LogP contribution is -2.21. The van der Waals surface area contributed by atoms with E-state index in [1.165, 1.54) is 0 Å². The van der Waals surface area contributed by atoms with Gasteiger partial charge in [-0.15, -0.1) is 0 Å². The molecule has 3 nitrogen and oxygen atoms in total. The van der Waals surface area contributed by atoms with Crippen LogP contribution in [0.15, 0.2) is 45.9 Å². The van der Waals surface area contributed by atoms with Gasteiger partial charge in [0.2, 0.25) is 0 Å².